The third-order valence-corrected chi connectivity index (χ3v) is 2.44. The largest absolute Gasteiger partial charge is 0.495 e. The van der Waals surface area contributed by atoms with E-state index in [0.29, 0.717) is 23.8 Å². The molecule has 1 heterocycles. The summed E-state index contributed by atoms with van der Waals surface area (Å²) < 4.78 is 10.8. The van der Waals surface area contributed by atoms with Gasteiger partial charge in [0.05, 0.1) is 13.3 Å². The summed E-state index contributed by atoms with van der Waals surface area (Å²) in [5.41, 5.74) is 1.55. The Balaban J connectivity index is 2.15. The Morgan fingerprint density at radius 1 is 1.28 bits per heavy atom. The highest BCUT2D eigenvalue weighted by molar-refractivity contribution is 5.43. The number of benzene rings is 1. The zero-order valence-corrected chi connectivity index (χ0v) is 10.1. The van der Waals surface area contributed by atoms with E-state index in [4.69, 9.17) is 15.9 Å². The van der Waals surface area contributed by atoms with Crippen molar-refractivity contribution >= 4 is 0 Å². The number of terminal acetylenes is 1. The second-order valence-corrected chi connectivity index (χ2v) is 3.64. The smallest absolute Gasteiger partial charge is 0.157 e. The van der Waals surface area contributed by atoms with Crippen LogP contribution in [-0.2, 0) is 6.61 Å². The molecule has 3 heteroatoms. The van der Waals surface area contributed by atoms with Crippen molar-refractivity contribution in [3.8, 4) is 23.8 Å². The molecule has 0 amide bonds. The number of hydrogen-bond acceptors (Lipinski definition) is 3. The van der Waals surface area contributed by atoms with Crippen LogP contribution in [0.2, 0.25) is 0 Å². The van der Waals surface area contributed by atoms with Gasteiger partial charge < -0.3 is 9.47 Å². The summed E-state index contributed by atoms with van der Waals surface area (Å²) in [5, 5.41) is 0. The number of aromatic nitrogens is 1. The number of hydrogen-bond donors (Lipinski definition) is 0. The predicted octanol–water partition coefficient (Wildman–Crippen LogP) is 2.65. The fraction of sp³-hybridized carbons (Fsp3) is 0.133. The van der Waals surface area contributed by atoms with E-state index in [1.165, 1.54) is 0 Å². The summed E-state index contributed by atoms with van der Waals surface area (Å²) in [6.45, 7) is 0.449. The molecule has 1 aromatic carbocycles. The number of ether oxygens (including phenoxy) is 2. The van der Waals surface area contributed by atoms with Crippen molar-refractivity contribution in [2.45, 2.75) is 6.61 Å². The zero-order chi connectivity index (χ0) is 12.8. The second kappa shape index (κ2) is 5.74. The van der Waals surface area contributed by atoms with Gasteiger partial charge in [0.15, 0.2) is 11.4 Å². The molecule has 0 aliphatic heterocycles. The minimum Gasteiger partial charge on any atom is -0.495 e. The van der Waals surface area contributed by atoms with E-state index in [0.717, 1.165) is 5.56 Å². The molecule has 0 radical (unpaired) electrons. The molecular weight excluding hydrogens is 226 g/mol. The number of methoxy groups -OCH3 is 1. The molecule has 0 bridgehead atoms. The lowest BCUT2D eigenvalue weighted by atomic mass is 10.2. The van der Waals surface area contributed by atoms with Crippen LogP contribution in [0.5, 0.6) is 11.5 Å². The summed E-state index contributed by atoms with van der Waals surface area (Å²) in [4.78, 5) is 4.09. The van der Waals surface area contributed by atoms with Crippen molar-refractivity contribution in [3.05, 3.63) is 53.9 Å². The van der Waals surface area contributed by atoms with E-state index in [1.807, 2.05) is 30.3 Å². The van der Waals surface area contributed by atoms with Crippen LogP contribution in [0.25, 0.3) is 0 Å². The molecule has 18 heavy (non-hydrogen) atoms. The average Bonchev–Trinajstić information content (AvgIpc) is 2.45. The van der Waals surface area contributed by atoms with Crippen LogP contribution in [-0.4, -0.2) is 12.1 Å². The molecule has 0 fully saturated rings. The predicted molar refractivity (Wildman–Crippen MR) is 69.5 cm³/mol. The van der Waals surface area contributed by atoms with E-state index >= 15 is 0 Å². The first-order valence-corrected chi connectivity index (χ1v) is 5.51. The Kier molecular flexibility index (Phi) is 3.83. The number of nitrogens with zero attached hydrogens (tertiary/aromatic N) is 1. The molecular formula is C15H13NO2. The van der Waals surface area contributed by atoms with Crippen molar-refractivity contribution in [2.24, 2.45) is 0 Å². The normalized spacial score (nSPS) is 9.56. The molecule has 2 aromatic rings. The molecule has 0 saturated carbocycles. The number of pyridine rings is 1. The first-order chi connectivity index (χ1) is 8.83. The van der Waals surface area contributed by atoms with Gasteiger partial charge in [-0.25, -0.2) is 4.98 Å². The summed E-state index contributed by atoms with van der Waals surface area (Å²) >= 11 is 0. The maximum Gasteiger partial charge on any atom is 0.157 e. The Morgan fingerprint density at radius 2 is 2.06 bits per heavy atom. The van der Waals surface area contributed by atoms with Crippen LogP contribution in [0.3, 0.4) is 0 Å². The van der Waals surface area contributed by atoms with Gasteiger partial charge in [0, 0.05) is 6.07 Å². The topological polar surface area (TPSA) is 31.4 Å². The van der Waals surface area contributed by atoms with E-state index in [-0.39, 0.29) is 0 Å². The zero-order valence-electron chi connectivity index (χ0n) is 10.1. The second-order valence-electron chi connectivity index (χ2n) is 3.64. The molecule has 2 rings (SSSR count). The van der Waals surface area contributed by atoms with Gasteiger partial charge in [0.2, 0.25) is 0 Å². The van der Waals surface area contributed by atoms with Crippen LogP contribution in [0.15, 0.2) is 42.6 Å². The molecule has 1 aromatic heterocycles. The summed E-state index contributed by atoms with van der Waals surface area (Å²) in [6.07, 6.45) is 6.95. The molecule has 0 aliphatic rings. The molecule has 0 unspecified atom stereocenters. The Bertz CT molecular complexity index is 558. The van der Waals surface area contributed by atoms with Gasteiger partial charge in [-0.15, -0.1) is 6.42 Å². The third-order valence-electron chi connectivity index (χ3n) is 2.44. The van der Waals surface area contributed by atoms with Crippen molar-refractivity contribution in [3.63, 3.8) is 0 Å². The monoisotopic (exact) mass is 239 g/mol. The molecule has 0 spiro atoms. The third kappa shape index (κ3) is 2.80. The van der Waals surface area contributed by atoms with E-state index < -0.39 is 0 Å². The first kappa shape index (κ1) is 12.0. The van der Waals surface area contributed by atoms with Crippen molar-refractivity contribution in [1.29, 1.82) is 0 Å². The highest BCUT2D eigenvalue weighted by Crippen LogP contribution is 2.22. The van der Waals surface area contributed by atoms with E-state index in [1.54, 1.807) is 19.4 Å². The maximum absolute atomic E-state index is 5.67. The van der Waals surface area contributed by atoms with Gasteiger partial charge in [0.25, 0.3) is 0 Å². The van der Waals surface area contributed by atoms with Crippen molar-refractivity contribution in [2.75, 3.05) is 7.11 Å². The fourth-order valence-corrected chi connectivity index (χ4v) is 1.49. The minimum absolute atomic E-state index is 0.449. The number of rotatable bonds is 4. The van der Waals surface area contributed by atoms with Crippen LogP contribution >= 0.6 is 0 Å². The van der Waals surface area contributed by atoms with Gasteiger partial charge >= 0.3 is 0 Å². The first-order valence-electron chi connectivity index (χ1n) is 5.51. The van der Waals surface area contributed by atoms with Crippen LogP contribution in [0, 0.1) is 12.3 Å². The minimum atomic E-state index is 0.449. The van der Waals surface area contributed by atoms with E-state index in [9.17, 15) is 0 Å². The molecule has 0 atom stereocenters. The molecule has 0 aliphatic carbocycles. The summed E-state index contributed by atoms with van der Waals surface area (Å²) in [6, 6.07) is 11.6. The quantitative estimate of drug-likeness (QED) is 0.769. The SMILES string of the molecule is C#Cc1ncc(OC)cc1OCc1ccccc1. The lowest BCUT2D eigenvalue weighted by Gasteiger charge is -2.09. The van der Waals surface area contributed by atoms with Crippen molar-refractivity contribution in [1.82, 2.24) is 4.98 Å². The molecule has 3 nitrogen and oxygen atoms in total. The lowest BCUT2D eigenvalue weighted by molar-refractivity contribution is 0.301. The van der Waals surface area contributed by atoms with Crippen LogP contribution in [0.4, 0.5) is 0 Å². The standard InChI is InChI=1S/C15H13NO2/c1-3-14-15(9-13(17-2)10-16-14)18-11-12-7-5-4-6-8-12/h1,4-10H,11H2,2H3. The molecule has 0 N–H and O–H groups in total. The fourth-order valence-electron chi connectivity index (χ4n) is 1.49. The van der Waals surface area contributed by atoms with Gasteiger partial charge in [-0.2, -0.15) is 0 Å². The van der Waals surface area contributed by atoms with Crippen molar-refractivity contribution < 1.29 is 9.47 Å². The van der Waals surface area contributed by atoms with Crippen LogP contribution in [0.1, 0.15) is 11.3 Å². The molecule has 90 valence electrons. The van der Waals surface area contributed by atoms with Gasteiger partial charge in [0.1, 0.15) is 12.4 Å². The Hall–Kier alpha value is -2.47. The van der Waals surface area contributed by atoms with E-state index in [2.05, 4.69) is 10.9 Å². The Labute approximate surface area is 106 Å². The highest BCUT2D eigenvalue weighted by Gasteiger charge is 2.05. The summed E-state index contributed by atoms with van der Waals surface area (Å²) in [5.74, 6) is 3.67. The van der Waals surface area contributed by atoms with Gasteiger partial charge in [-0.3, -0.25) is 0 Å². The van der Waals surface area contributed by atoms with Gasteiger partial charge in [-0.1, -0.05) is 30.3 Å². The van der Waals surface area contributed by atoms with Crippen LogP contribution < -0.4 is 9.47 Å². The maximum atomic E-state index is 5.67. The highest BCUT2D eigenvalue weighted by atomic mass is 16.5. The van der Waals surface area contributed by atoms with Gasteiger partial charge in [-0.05, 0) is 11.5 Å². The lowest BCUT2D eigenvalue weighted by Crippen LogP contribution is -1.99. The Morgan fingerprint density at radius 3 is 2.72 bits per heavy atom. The summed E-state index contributed by atoms with van der Waals surface area (Å²) in [7, 11) is 1.58. The average molecular weight is 239 g/mol. The molecule has 0 saturated heterocycles.